The highest BCUT2D eigenvalue weighted by atomic mass is 16.5. The quantitative estimate of drug-likeness (QED) is 0.754. The van der Waals surface area contributed by atoms with Crippen LogP contribution in [0.3, 0.4) is 0 Å². The Labute approximate surface area is 139 Å². The number of anilines is 1. The molecule has 0 fully saturated rings. The Morgan fingerprint density at radius 3 is 2.92 bits per heavy atom. The fourth-order valence-electron chi connectivity index (χ4n) is 2.07. The highest BCUT2D eigenvalue weighted by Crippen LogP contribution is 2.16. The molecule has 0 atom stereocenters. The van der Waals surface area contributed by atoms with Crippen LogP contribution in [0.15, 0.2) is 55.2 Å². The van der Waals surface area contributed by atoms with Crippen LogP contribution >= 0.6 is 0 Å². The summed E-state index contributed by atoms with van der Waals surface area (Å²) in [6, 6.07) is 10.6. The number of nitrogens with zero attached hydrogens (tertiary/aromatic N) is 4. The summed E-state index contributed by atoms with van der Waals surface area (Å²) in [5, 5.41) is 6.81. The predicted molar refractivity (Wildman–Crippen MR) is 89.3 cm³/mol. The van der Waals surface area contributed by atoms with Gasteiger partial charge in [0.1, 0.15) is 18.4 Å². The van der Waals surface area contributed by atoms with E-state index in [1.165, 1.54) is 6.33 Å². The Morgan fingerprint density at radius 1 is 1.29 bits per heavy atom. The molecule has 0 aliphatic rings. The molecule has 0 spiro atoms. The lowest BCUT2D eigenvalue weighted by atomic mass is 10.2. The SMILES string of the molecule is CCCOc1cccc(C(=O)Nc2ccc(-n3cncn3)nc2)c1. The summed E-state index contributed by atoms with van der Waals surface area (Å²) in [6.07, 6.45) is 5.49. The van der Waals surface area contributed by atoms with Gasteiger partial charge in [0.2, 0.25) is 0 Å². The van der Waals surface area contributed by atoms with Crippen molar-refractivity contribution in [2.75, 3.05) is 11.9 Å². The van der Waals surface area contributed by atoms with E-state index in [0.717, 1.165) is 6.42 Å². The van der Waals surface area contributed by atoms with E-state index in [1.807, 2.05) is 13.0 Å². The zero-order valence-corrected chi connectivity index (χ0v) is 13.2. The molecule has 0 saturated carbocycles. The smallest absolute Gasteiger partial charge is 0.255 e. The van der Waals surface area contributed by atoms with Gasteiger partial charge in [-0.3, -0.25) is 4.79 Å². The molecule has 0 aliphatic heterocycles. The molecule has 1 aromatic carbocycles. The minimum Gasteiger partial charge on any atom is -0.494 e. The number of pyridine rings is 1. The van der Waals surface area contributed by atoms with Crippen LogP contribution < -0.4 is 10.1 Å². The van der Waals surface area contributed by atoms with Gasteiger partial charge in [0, 0.05) is 5.56 Å². The van der Waals surface area contributed by atoms with Crippen molar-refractivity contribution >= 4 is 11.6 Å². The number of carbonyl (C=O) groups excluding carboxylic acids is 1. The van der Waals surface area contributed by atoms with Gasteiger partial charge in [-0.05, 0) is 36.8 Å². The van der Waals surface area contributed by atoms with Crippen molar-refractivity contribution in [1.82, 2.24) is 19.7 Å². The molecule has 0 unspecified atom stereocenters. The summed E-state index contributed by atoms with van der Waals surface area (Å²) in [6.45, 7) is 2.66. The first-order chi connectivity index (χ1) is 11.8. The number of aromatic nitrogens is 4. The maximum atomic E-state index is 12.3. The lowest BCUT2D eigenvalue weighted by molar-refractivity contribution is 0.102. The van der Waals surface area contributed by atoms with Crippen molar-refractivity contribution in [2.45, 2.75) is 13.3 Å². The van der Waals surface area contributed by atoms with Gasteiger partial charge >= 0.3 is 0 Å². The van der Waals surface area contributed by atoms with E-state index in [2.05, 4.69) is 20.4 Å². The van der Waals surface area contributed by atoms with E-state index in [0.29, 0.717) is 29.4 Å². The number of rotatable bonds is 6. The van der Waals surface area contributed by atoms with Gasteiger partial charge < -0.3 is 10.1 Å². The van der Waals surface area contributed by atoms with E-state index in [-0.39, 0.29) is 5.91 Å². The summed E-state index contributed by atoms with van der Waals surface area (Å²) in [5.74, 6) is 1.09. The van der Waals surface area contributed by atoms with Crippen molar-refractivity contribution in [3.63, 3.8) is 0 Å². The Bertz CT molecular complexity index is 800. The van der Waals surface area contributed by atoms with Gasteiger partial charge in [-0.2, -0.15) is 5.10 Å². The highest BCUT2D eigenvalue weighted by molar-refractivity contribution is 6.04. The number of benzene rings is 1. The van der Waals surface area contributed by atoms with Crippen LogP contribution in [0.5, 0.6) is 5.75 Å². The summed E-state index contributed by atoms with van der Waals surface area (Å²) in [4.78, 5) is 20.4. The van der Waals surface area contributed by atoms with Crippen molar-refractivity contribution in [2.24, 2.45) is 0 Å². The lowest BCUT2D eigenvalue weighted by Crippen LogP contribution is -2.12. The number of hydrogen-bond donors (Lipinski definition) is 1. The molecule has 122 valence electrons. The summed E-state index contributed by atoms with van der Waals surface area (Å²) in [7, 11) is 0. The molecule has 3 rings (SSSR count). The second-order valence-corrected chi connectivity index (χ2v) is 5.08. The number of ether oxygens (including phenoxy) is 1. The Hall–Kier alpha value is -3.22. The van der Waals surface area contributed by atoms with E-state index in [4.69, 9.17) is 4.74 Å². The molecular weight excluding hydrogens is 306 g/mol. The first-order valence-corrected chi connectivity index (χ1v) is 7.61. The van der Waals surface area contributed by atoms with Crippen LogP contribution in [0.1, 0.15) is 23.7 Å². The second kappa shape index (κ2) is 7.36. The van der Waals surface area contributed by atoms with Gasteiger partial charge in [0.15, 0.2) is 5.82 Å². The minimum atomic E-state index is -0.216. The molecule has 1 amide bonds. The van der Waals surface area contributed by atoms with E-state index in [9.17, 15) is 4.79 Å². The number of hydrogen-bond acceptors (Lipinski definition) is 5. The van der Waals surface area contributed by atoms with Crippen molar-refractivity contribution in [3.05, 3.63) is 60.8 Å². The van der Waals surface area contributed by atoms with Gasteiger partial charge in [-0.1, -0.05) is 13.0 Å². The minimum absolute atomic E-state index is 0.216. The molecule has 3 aromatic rings. The first-order valence-electron chi connectivity index (χ1n) is 7.61. The molecule has 0 saturated heterocycles. The van der Waals surface area contributed by atoms with E-state index < -0.39 is 0 Å². The standard InChI is InChI=1S/C17H17N5O2/c1-2-8-24-15-5-3-4-13(9-15)17(23)21-14-6-7-16(19-10-14)22-12-18-11-20-22/h3-7,9-12H,2,8H2,1H3,(H,21,23). The summed E-state index contributed by atoms with van der Waals surface area (Å²) >= 11 is 0. The van der Waals surface area contributed by atoms with Crippen molar-refractivity contribution < 1.29 is 9.53 Å². The number of nitrogens with one attached hydrogen (secondary N) is 1. The second-order valence-electron chi connectivity index (χ2n) is 5.08. The molecule has 2 aromatic heterocycles. The predicted octanol–water partition coefficient (Wildman–Crippen LogP) is 2.70. The topological polar surface area (TPSA) is 81.9 Å². The molecule has 1 N–H and O–H groups in total. The maximum absolute atomic E-state index is 12.3. The summed E-state index contributed by atoms with van der Waals surface area (Å²) in [5.41, 5.74) is 1.13. The zero-order valence-electron chi connectivity index (χ0n) is 13.2. The normalized spacial score (nSPS) is 10.4. The monoisotopic (exact) mass is 323 g/mol. The molecular formula is C17H17N5O2. The van der Waals surface area contributed by atoms with Crippen LogP contribution in [0, 0.1) is 0 Å². The van der Waals surface area contributed by atoms with Crippen LogP contribution in [0.2, 0.25) is 0 Å². The Kier molecular flexibility index (Phi) is 4.81. The molecule has 7 heteroatoms. The average Bonchev–Trinajstić information content (AvgIpc) is 3.15. The van der Waals surface area contributed by atoms with Gasteiger partial charge in [0.25, 0.3) is 5.91 Å². The number of carbonyl (C=O) groups is 1. The van der Waals surface area contributed by atoms with Gasteiger partial charge in [-0.15, -0.1) is 0 Å². The van der Waals surface area contributed by atoms with Crippen LogP contribution in [-0.2, 0) is 0 Å². The molecule has 7 nitrogen and oxygen atoms in total. The molecule has 0 radical (unpaired) electrons. The van der Waals surface area contributed by atoms with Crippen molar-refractivity contribution in [3.8, 4) is 11.6 Å². The number of amides is 1. The lowest BCUT2D eigenvalue weighted by Gasteiger charge is -2.08. The third-order valence-electron chi connectivity index (χ3n) is 3.23. The zero-order chi connectivity index (χ0) is 16.8. The van der Waals surface area contributed by atoms with Gasteiger partial charge in [0.05, 0.1) is 18.5 Å². The van der Waals surface area contributed by atoms with E-state index >= 15 is 0 Å². The van der Waals surface area contributed by atoms with Crippen molar-refractivity contribution in [1.29, 1.82) is 0 Å². The fraction of sp³-hybridized carbons (Fsp3) is 0.176. The largest absolute Gasteiger partial charge is 0.494 e. The molecule has 0 aliphatic carbocycles. The Balaban J connectivity index is 1.68. The molecule has 24 heavy (non-hydrogen) atoms. The van der Waals surface area contributed by atoms with Crippen LogP contribution in [-0.4, -0.2) is 32.3 Å². The molecule has 0 bridgehead atoms. The highest BCUT2D eigenvalue weighted by Gasteiger charge is 2.08. The third kappa shape index (κ3) is 3.75. The molecule has 2 heterocycles. The van der Waals surface area contributed by atoms with Gasteiger partial charge in [-0.25, -0.2) is 14.6 Å². The first kappa shape index (κ1) is 15.7. The Morgan fingerprint density at radius 2 is 2.21 bits per heavy atom. The van der Waals surface area contributed by atoms with Crippen LogP contribution in [0.4, 0.5) is 5.69 Å². The summed E-state index contributed by atoms with van der Waals surface area (Å²) < 4.78 is 7.09. The fourth-order valence-corrected chi connectivity index (χ4v) is 2.07. The van der Waals surface area contributed by atoms with E-state index in [1.54, 1.807) is 47.5 Å². The van der Waals surface area contributed by atoms with Crippen LogP contribution in [0.25, 0.3) is 5.82 Å². The third-order valence-corrected chi connectivity index (χ3v) is 3.23. The maximum Gasteiger partial charge on any atom is 0.255 e. The average molecular weight is 323 g/mol.